The Balaban J connectivity index is 1.92. The normalized spacial score (nSPS) is 10.7. The summed E-state index contributed by atoms with van der Waals surface area (Å²) in [5.41, 5.74) is 6.06. The van der Waals surface area contributed by atoms with Crippen molar-refractivity contribution in [3.8, 4) is 0 Å². The van der Waals surface area contributed by atoms with Crippen molar-refractivity contribution in [1.29, 1.82) is 0 Å². The number of hydrogen-bond acceptors (Lipinski definition) is 2. The molecular formula is C18H18N2. The van der Waals surface area contributed by atoms with Crippen LogP contribution in [0.4, 0.5) is 5.69 Å². The van der Waals surface area contributed by atoms with Crippen molar-refractivity contribution in [1.82, 2.24) is 4.98 Å². The number of fused-ring (bicyclic) bond motifs is 1. The number of aryl methyl sites for hydroxylation is 2. The molecule has 2 heteroatoms. The average Bonchev–Trinajstić information content (AvgIpc) is 2.48. The zero-order valence-electron chi connectivity index (χ0n) is 11.9. The lowest BCUT2D eigenvalue weighted by atomic mass is 10.1. The van der Waals surface area contributed by atoms with Crippen molar-refractivity contribution in [2.24, 2.45) is 0 Å². The largest absolute Gasteiger partial charge is 0.380 e. The number of benzene rings is 2. The van der Waals surface area contributed by atoms with Crippen LogP contribution in [0.5, 0.6) is 0 Å². The van der Waals surface area contributed by atoms with Gasteiger partial charge < -0.3 is 5.32 Å². The highest BCUT2D eigenvalue weighted by Crippen LogP contribution is 2.25. The second-order valence-corrected chi connectivity index (χ2v) is 5.11. The summed E-state index contributed by atoms with van der Waals surface area (Å²) in [6.45, 7) is 5.08. The topological polar surface area (TPSA) is 24.9 Å². The number of nitrogens with one attached hydrogen (secondary N) is 1. The molecule has 20 heavy (non-hydrogen) atoms. The monoisotopic (exact) mass is 262 g/mol. The standard InChI is InChI=1S/C18H18N2/c1-13-6-3-4-7-15(13)12-20-17-10-9-14(2)18-16(17)8-5-11-19-18/h3-11,20H,12H2,1-2H3. The first-order chi connectivity index (χ1) is 9.75. The quantitative estimate of drug-likeness (QED) is 0.753. The Hall–Kier alpha value is -2.35. The van der Waals surface area contributed by atoms with E-state index in [0.717, 1.165) is 17.7 Å². The second kappa shape index (κ2) is 5.33. The molecule has 1 N–H and O–H groups in total. The number of anilines is 1. The van der Waals surface area contributed by atoms with Crippen LogP contribution in [0.2, 0.25) is 0 Å². The SMILES string of the molecule is Cc1ccccc1CNc1ccc(C)c2ncccc12. The van der Waals surface area contributed by atoms with E-state index in [1.807, 2.05) is 12.3 Å². The minimum Gasteiger partial charge on any atom is -0.380 e. The van der Waals surface area contributed by atoms with Crippen LogP contribution in [-0.2, 0) is 6.54 Å². The highest BCUT2D eigenvalue weighted by molar-refractivity contribution is 5.93. The Kier molecular flexibility index (Phi) is 3.38. The van der Waals surface area contributed by atoms with E-state index in [1.165, 1.54) is 22.1 Å². The maximum absolute atomic E-state index is 4.47. The van der Waals surface area contributed by atoms with Crippen LogP contribution in [0.25, 0.3) is 10.9 Å². The summed E-state index contributed by atoms with van der Waals surface area (Å²) in [5, 5.41) is 4.71. The minimum absolute atomic E-state index is 0.833. The molecule has 0 aliphatic rings. The first kappa shape index (κ1) is 12.7. The average molecular weight is 262 g/mol. The van der Waals surface area contributed by atoms with Crippen LogP contribution < -0.4 is 5.32 Å². The third kappa shape index (κ3) is 2.37. The van der Waals surface area contributed by atoms with Crippen LogP contribution in [0.1, 0.15) is 16.7 Å². The molecule has 0 bridgehead atoms. The van der Waals surface area contributed by atoms with Gasteiger partial charge in [0, 0.05) is 23.8 Å². The molecule has 0 amide bonds. The second-order valence-electron chi connectivity index (χ2n) is 5.11. The van der Waals surface area contributed by atoms with E-state index in [0.29, 0.717) is 0 Å². The van der Waals surface area contributed by atoms with Gasteiger partial charge in [-0.25, -0.2) is 0 Å². The zero-order valence-corrected chi connectivity index (χ0v) is 11.9. The third-order valence-corrected chi connectivity index (χ3v) is 3.70. The molecular weight excluding hydrogens is 244 g/mol. The molecule has 0 aliphatic heterocycles. The van der Waals surface area contributed by atoms with Gasteiger partial charge in [0.05, 0.1) is 5.52 Å². The highest BCUT2D eigenvalue weighted by atomic mass is 14.9. The molecule has 0 saturated heterocycles. The Labute approximate surface area is 119 Å². The van der Waals surface area contributed by atoms with Crippen molar-refractivity contribution in [3.05, 3.63) is 71.4 Å². The molecule has 3 aromatic rings. The van der Waals surface area contributed by atoms with Gasteiger partial charge in [0.25, 0.3) is 0 Å². The molecule has 0 atom stereocenters. The molecule has 1 aromatic heterocycles. The Morgan fingerprint density at radius 2 is 1.75 bits per heavy atom. The van der Waals surface area contributed by atoms with Gasteiger partial charge in [-0.1, -0.05) is 30.3 Å². The Morgan fingerprint density at radius 1 is 0.900 bits per heavy atom. The Morgan fingerprint density at radius 3 is 2.60 bits per heavy atom. The van der Waals surface area contributed by atoms with E-state index >= 15 is 0 Å². The van der Waals surface area contributed by atoms with E-state index in [9.17, 15) is 0 Å². The maximum atomic E-state index is 4.47. The number of aromatic nitrogens is 1. The van der Waals surface area contributed by atoms with E-state index in [2.05, 4.69) is 66.6 Å². The van der Waals surface area contributed by atoms with Crippen molar-refractivity contribution in [2.45, 2.75) is 20.4 Å². The lowest BCUT2D eigenvalue weighted by molar-refractivity contribution is 1.12. The summed E-state index contributed by atoms with van der Waals surface area (Å²) in [6, 6.07) is 16.8. The van der Waals surface area contributed by atoms with Crippen LogP contribution in [-0.4, -0.2) is 4.98 Å². The molecule has 0 radical (unpaired) electrons. The van der Waals surface area contributed by atoms with Crippen LogP contribution >= 0.6 is 0 Å². The van der Waals surface area contributed by atoms with E-state index < -0.39 is 0 Å². The van der Waals surface area contributed by atoms with Gasteiger partial charge in [0.1, 0.15) is 0 Å². The molecule has 2 nitrogen and oxygen atoms in total. The first-order valence-electron chi connectivity index (χ1n) is 6.88. The first-order valence-corrected chi connectivity index (χ1v) is 6.88. The fraction of sp³-hybridized carbons (Fsp3) is 0.167. The summed E-state index contributed by atoms with van der Waals surface area (Å²) in [7, 11) is 0. The molecule has 0 unspecified atom stereocenters. The lowest BCUT2D eigenvalue weighted by Gasteiger charge is -2.12. The van der Waals surface area contributed by atoms with Gasteiger partial charge in [-0.15, -0.1) is 0 Å². The fourth-order valence-corrected chi connectivity index (χ4v) is 2.47. The van der Waals surface area contributed by atoms with Gasteiger partial charge in [-0.3, -0.25) is 4.98 Å². The van der Waals surface area contributed by atoms with Crippen molar-refractivity contribution in [2.75, 3.05) is 5.32 Å². The van der Waals surface area contributed by atoms with Gasteiger partial charge in [0.15, 0.2) is 0 Å². The maximum Gasteiger partial charge on any atom is 0.0751 e. The minimum atomic E-state index is 0.833. The van der Waals surface area contributed by atoms with Crippen molar-refractivity contribution >= 4 is 16.6 Å². The molecule has 0 spiro atoms. The number of nitrogens with zero attached hydrogens (tertiary/aromatic N) is 1. The molecule has 3 rings (SSSR count). The summed E-state index contributed by atoms with van der Waals surface area (Å²) < 4.78 is 0. The molecule has 0 fully saturated rings. The predicted octanol–water partition coefficient (Wildman–Crippen LogP) is 4.46. The molecule has 2 aromatic carbocycles. The lowest BCUT2D eigenvalue weighted by Crippen LogP contribution is -2.02. The van der Waals surface area contributed by atoms with E-state index in [-0.39, 0.29) is 0 Å². The zero-order chi connectivity index (χ0) is 13.9. The summed E-state index contributed by atoms with van der Waals surface area (Å²) in [6.07, 6.45) is 1.85. The van der Waals surface area contributed by atoms with Crippen LogP contribution in [0.3, 0.4) is 0 Å². The third-order valence-electron chi connectivity index (χ3n) is 3.70. The summed E-state index contributed by atoms with van der Waals surface area (Å²) in [5.74, 6) is 0. The van der Waals surface area contributed by atoms with Crippen LogP contribution in [0, 0.1) is 13.8 Å². The number of rotatable bonds is 3. The van der Waals surface area contributed by atoms with Crippen LogP contribution in [0.15, 0.2) is 54.7 Å². The summed E-state index contributed by atoms with van der Waals surface area (Å²) >= 11 is 0. The summed E-state index contributed by atoms with van der Waals surface area (Å²) in [4.78, 5) is 4.47. The molecule has 0 aliphatic carbocycles. The molecule has 0 saturated carbocycles. The van der Waals surface area contributed by atoms with Gasteiger partial charge >= 0.3 is 0 Å². The number of hydrogen-bond donors (Lipinski definition) is 1. The predicted molar refractivity (Wildman–Crippen MR) is 85.0 cm³/mol. The molecule has 100 valence electrons. The Bertz CT molecular complexity index is 747. The molecule has 1 heterocycles. The van der Waals surface area contributed by atoms with Crippen molar-refractivity contribution < 1.29 is 0 Å². The van der Waals surface area contributed by atoms with E-state index in [1.54, 1.807) is 0 Å². The van der Waals surface area contributed by atoms with Gasteiger partial charge in [-0.05, 0) is 48.7 Å². The number of pyridine rings is 1. The van der Waals surface area contributed by atoms with Gasteiger partial charge in [0.2, 0.25) is 0 Å². The highest BCUT2D eigenvalue weighted by Gasteiger charge is 2.04. The van der Waals surface area contributed by atoms with E-state index in [4.69, 9.17) is 0 Å². The van der Waals surface area contributed by atoms with Gasteiger partial charge in [-0.2, -0.15) is 0 Å². The van der Waals surface area contributed by atoms with Crippen molar-refractivity contribution in [3.63, 3.8) is 0 Å². The fourth-order valence-electron chi connectivity index (χ4n) is 2.47. The smallest absolute Gasteiger partial charge is 0.0751 e.